The third kappa shape index (κ3) is 4.85. The molecule has 3 rings (SSSR count). The van der Waals surface area contributed by atoms with Gasteiger partial charge in [-0.05, 0) is 56.3 Å². The van der Waals surface area contributed by atoms with Crippen LogP contribution in [0.3, 0.4) is 0 Å². The summed E-state index contributed by atoms with van der Waals surface area (Å²) < 4.78 is 21.8. The Kier molecular flexibility index (Phi) is 6.21. The summed E-state index contributed by atoms with van der Waals surface area (Å²) in [6, 6.07) is 11.7. The van der Waals surface area contributed by atoms with E-state index in [-0.39, 0.29) is 0 Å². The summed E-state index contributed by atoms with van der Waals surface area (Å²) >= 11 is 0. The largest absolute Gasteiger partial charge is 0.494 e. The summed E-state index contributed by atoms with van der Waals surface area (Å²) in [5.74, 6) is 1.36. The fourth-order valence-electron chi connectivity index (χ4n) is 2.52. The highest BCUT2D eigenvalue weighted by molar-refractivity contribution is 5.96. The molecule has 1 unspecified atom stereocenters. The van der Waals surface area contributed by atoms with E-state index >= 15 is 0 Å². The van der Waals surface area contributed by atoms with Gasteiger partial charge in [0.15, 0.2) is 17.6 Å². The van der Waals surface area contributed by atoms with Gasteiger partial charge in [0.05, 0.1) is 6.61 Å². The van der Waals surface area contributed by atoms with Crippen LogP contribution in [0, 0.1) is 0 Å². The van der Waals surface area contributed by atoms with Crippen LogP contribution in [-0.4, -0.2) is 37.7 Å². The van der Waals surface area contributed by atoms with Crippen LogP contribution >= 0.6 is 0 Å². The number of ether oxygens (including phenoxy) is 4. The molecule has 8 heteroatoms. The zero-order valence-electron chi connectivity index (χ0n) is 15.7. The third-order valence-electron chi connectivity index (χ3n) is 3.92. The highest BCUT2D eigenvalue weighted by atomic mass is 16.6. The van der Waals surface area contributed by atoms with Crippen molar-refractivity contribution < 1.29 is 28.5 Å². The molecule has 0 aromatic heterocycles. The van der Waals surface area contributed by atoms with Crippen LogP contribution in [0.4, 0.5) is 0 Å². The zero-order chi connectivity index (χ0) is 19.9. The quantitative estimate of drug-likeness (QED) is 0.738. The Hall–Kier alpha value is -3.42. The van der Waals surface area contributed by atoms with Crippen molar-refractivity contribution in [2.24, 2.45) is 0 Å². The second-order valence-corrected chi connectivity index (χ2v) is 5.97. The number of nitrogens with one attached hydrogen (secondary N) is 2. The second kappa shape index (κ2) is 8.98. The number of benzene rings is 2. The molecule has 0 aliphatic carbocycles. The standard InChI is InChI=1S/C20H22N2O6/c1-3-25-15-5-7-16(8-6-15)28-13(2)19(23)21-22-20(24)14-4-9-17-18(12-14)27-11-10-26-17/h4-9,12-13H,3,10-11H2,1-2H3,(H,21,23)(H,22,24). The average molecular weight is 386 g/mol. The van der Waals surface area contributed by atoms with Gasteiger partial charge < -0.3 is 18.9 Å². The summed E-state index contributed by atoms with van der Waals surface area (Å²) in [6.45, 7) is 4.95. The van der Waals surface area contributed by atoms with E-state index in [1.54, 1.807) is 49.4 Å². The third-order valence-corrected chi connectivity index (χ3v) is 3.92. The summed E-state index contributed by atoms with van der Waals surface area (Å²) in [4.78, 5) is 24.4. The molecule has 28 heavy (non-hydrogen) atoms. The van der Waals surface area contributed by atoms with Gasteiger partial charge in [0.1, 0.15) is 24.7 Å². The minimum atomic E-state index is -0.807. The van der Waals surface area contributed by atoms with Gasteiger partial charge in [0.25, 0.3) is 11.8 Å². The first-order chi connectivity index (χ1) is 13.6. The zero-order valence-corrected chi connectivity index (χ0v) is 15.7. The first-order valence-electron chi connectivity index (χ1n) is 8.96. The topological polar surface area (TPSA) is 95.1 Å². The van der Waals surface area contributed by atoms with Gasteiger partial charge in [-0.1, -0.05) is 0 Å². The molecule has 2 N–H and O–H groups in total. The van der Waals surface area contributed by atoms with Gasteiger partial charge >= 0.3 is 0 Å². The predicted octanol–water partition coefficient (Wildman–Crippen LogP) is 2.08. The Balaban J connectivity index is 1.50. The fraction of sp³-hybridized carbons (Fsp3) is 0.300. The highest BCUT2D eigenvalue weighted by Crippen LogP contribution is 2.30. The number of amides is 2. The first-order valence-corrected chi connectivity index (χ1v) is 8.96. The Labute approximate surface area is 162 Å². The van der Waals surface area contributed by atoms with Crippen LogP contribution in [0.5, 0.6) is 23.0 Å². The van der Waals surface area contributed by atoms with Crippen molar-refractivity contribution in [3.63, 3.8) is 0 Å². The molecule has 1 aliphatic heterocycles. The lowest BCUT2D eigenvalue weighted by Gasteiger charge is -2.19. The molecule has 0 radical (unpaired) electrons. The van der Waals surface area contributed by atoms with Gasteiger partial charge in [-0.25, -0.2) is 0 Å². The summed E-state index contributed by atoms with van der Waals surface area (Å²) in [6.07, 6.45) is -0.807. The first kappa shape index (κ1) is 19.3. The van der Waals surface area contributed by atoms with Crippen LogP contribution in [0.2, 0.25) is 0 Å². The fourth-order valence-corrected chi connectivity index (χ4v) is 2.52. The molecule has 1 atom stereocenters. The van der Waals surface area contributed by atoms with E-state index in [9.17, 15) is 9.59 Å². The summed E-state index contributed by atoms with van der Waals surface area (Å²) in [5.41, 5.74) is 5.05. The van der Waals surface area contributed by atoms with Crippen molar-refractivity contribution >= 4 is 11.8 Å². The van der Waals surface area contributed by atoms with Crippen molar-refractivity contribution in [1.29, 1.82) is 0 Å². The Morgan fingerprint density at radius 1 is 1.00 bits per heavy atom. The number of carbonyl (C=O) groups is 2. The molecule has 0 saturated carbocycles. The van der Waals surface area contributed by atoms with Crippen LogP contribution in [0.1, 0.15) is 24.2 Å². The van der Waals surface area contributed by atoms with Crippen LogP contribution in [-0.2, 0) is 4.79 Å². The minimum absolute atomic E-state index is 0.338. The molecule has 0 fully saturated rings. The smallest absolute Gasteiger partial charge is 0.279 e. The molecule has 1 aliphatic rings. The van der Waals surface area contributed by atoms with Crippen LogP contribution in [0.15, 0.2) is 42.5 Å². The lowest BCUT2D eigenvalue weighted by Crippen LogP contribution is -2.47. The molecule has 8 nitrogen and oxygen atoms in total. The maximum atomic E-state index is 12.2. The van der Waals surface area contributed by atoms with Gasteiger partial charge in [-0.3, -0.25) is 20.4 Å². The lowest BCUT2D eigenvalue weighted by molar-refractivity contribution is -0.128. The Morgan fingerprint density at radius 3 is 2.39 bits per heavy atom. The highest BCUT2D eigenvalue weighted by Gasteiger charge is 2.18. The Bertz CT molecular complexity index is 837. The monoisotopic (exact) mass is 386 g/mol. The van der Waals surface area contributed by atoms with E-state index in [1.807, 2.05) is 6.92 Å². The van der Waals surface area contributed by atoms with Crippen LogP contribution in [0.25, 0.3) is 0 Å². The van der Waals surface area contributed by atoms with E-state index in [0.29, 0.717) is 42.6 Å². The predicted molar refractivity (Wildman–Crippen MR) is 101 cm³/mol. The number of carbonyl (C=O) groups excluding carboxylic acids is 2. The van der Waals surface area contributed by atoms with E-state index in [2.05, 4.69) is 10.9 Å². The van der Waals surface area contributed by atoms with Crippen molar-refractivity contribution in [2.45, 2.75) is 20.0 Å². The van der Waals surface area contributed by atoms with Crippen molar-refractivity contribution in [1.82, 2.24) is 10.9 Å². The molecular weight excluding hydrogens is 364 g/mol. The number of hydrazine groups is 1. The number of hydrogen-bond donors (Lipinski definition) is 2. The maximum absolute atomic E-state index is 12.2. The van der Waals surface area contributed by atoms with Crippen molar-refractivity contribution in [3.05, 3.63) is 48.0 Å². The second-order valence-electron chi connectivity index (χ2n) is 5.97. The molecule has 2 aromatic rings. The maximum Gasteiger partial charge on any atom is 0.279 e. The molecule has 148 valence electrons. The normalized spacial score (nSPS) is 13.2. The lowest BCUT2D eigenvalue weighted by atomic mass is 10.2. The van der Waals surface area contributed by atoms with Crippen molar-refractivity contribution in [2.75, 3.05) is 19.8 Å². The van der Waals surface area contributed by atoms with Gasteiger partial charge in [0, 0.05) is 5.56 Å². The Morgan fingerprint density at radius 2 is 1.68 bits per heavy atom. The molecular formula is C20H22N2O6. The molecule has 0 saturated heterocycles. The molecule has 1 heterocycles. The SMILES string of the molecule is CCOc1ccc(OC(C)C(=O)NNC(=O)c2ccc3c(c2)OCCO3)cc1. The minimum Gasteiger partial charge on any atom is -0.494 e. The summed E-state index contributed by atoms with van der Waals surface area (Å²) in [7, 11) is 0. The molecule has 2 amide bonds. The summed E-state index contributed by atoms with van der Waals surface area (Å²) in [5, 5.41) is 0. The van der Waals surface area contributed by atoms with E-state index in [0.717, 1.165) is 5.75 Å². The van der Waals surface area contributed by atoms with E-state index in [4.69, 9.17) is 18.9 Å². The molecule has 2 aromatic carbocycles. The van der Waals surface area contributed by atoms with Gasteiger partial charge in [0.2, 0.25) is 0 Å². The molecule has 0 bridgehead atoms. The van der Waals surface area contributed by atoms with E-state index in [1.165, 1.54) is 0 Å². The van der Waals surface area contributed by atoms with E-state index < -0.39 is 17.9 Å². The number of rotatable bonds is 6. The van der Waals surface area contributed by atoms with Gasteiger partial charge in [-0.2, -0.15) is 0 Å². The van der Waals surface area contributed by atoms with Gasteiger partial charge in [-0.15, -0.1) is 0 Å². The van der Waals surface area contributed by atoms with Crippen molar-refractivity contribution in [3.8, 4) is 23.0 Å². The molecule has 0 spiro atoms. The number of fused-ring (bicyclic) bond motifs is 1. The number of hydrogen-bond acceptors (Lipinski definition) is 6. The van der Waals surface area contributed by atoms with Crippen LogP contribution < -0.4 is 29.8 Å². The average Bonchev–Trinajstić information content (AvgIpc) is 2.73.